The number of hydrogen-bond acceptors (Lipinski definition) is 3. The summed E-state index contributed by atoms with van der Waals surface area (Å²) in [5.41, 5.74) is 2.47. The van der Waals surface area contributed by atoms with Crippen LogP contribution in [0.2, 0.25) is 0 Å². The van der Waals surface area contributed by atoms with Crippen molar-refractivity contribution >= 4 is 17.2 Å². The quantitative estimate of drug-likeness (QED) is 0.702. The molecule has 145 valence electrons. The predicted molar refractivity (Wildman–Crippen MR) is 113 cm³/mol. The van der Waals surface area contributed by atoms with Crippen molar-refractivity contribution in [2.75, 3.05) is 0 Å². The molecule has 0 saturated heterocycles. The Bertz CT molecular complexity index is 1130. The fourth-order valence-corrected chi connectivity index (χ4v) is 3.53. The van der Waals surface area contributed by atoms with Crippen molar-refractivity contribution in [1.29, 1.82) is 0 Å². The van der Waals surface area contributed by atoms with Crippen LogP contribution in [0.3, 0.4) is 0 Å². The molecule has 0 atom stereocenters. The van der Waals surface area contributed by atoms with Gasteiger partial charge in [-0.15, -0.1) is 0 Å². The number of carbonyl (C=O) groups excluding carboxylic acids is 1. The number of nitrogens with zero attached hydrogens (tertiary/aromatic N) is 1. The Kier molecular flexibility index (Phi) is 4.70. The molecule has 1 heterocycles. The maximum absolute atomic E-state index is 12.6. The van der Waals surface area contributed by atoms with Crippen molar-refractivity contribution in [2.45, 2.75) is 52.4 Å². The van der Waals surface area contributed by atoms with Crippen LogP contribution in [0.15, 0.2) is 47.4 Å². The summed E-state index contributed by atoms with van der Waals surface area (Å²) in [7, 11) is 0. The minimum atomic E-state index is -0.338. The van der Waals surface area contributed by atoms with Crippen LogP contribution in [-0.2, 0) is 15.6 Å². The zero-order chi connectivity index (χ0) is 20.9. The summed E-state index contributed by atoms with van der Waals surface area (Å²) in [6.45, 7) is 12.5. The van der Waals surface area contributed by atoms with Gasteiger partial charge in [-0.2, -0.15) is 0 Å². The highest BCUT2D eigenvalue weighted by Crippen LogP contribution is 2.39. The maximum atomic E-state index is 12.6. The van der Waals surface area contributed by atoms with Gasteiger partial charge in [-0.3, -0.25) is 9.59 Å². The summed E-state index contributed by atoms with van der Waals surface area (Å²) in [4.78, 5) is 24.0. The lowest BCUT2D eigenvalue weighted by molar-refractivity contribution is 0.444. The SMILES string of the molecule is CC(C)(C)c1cc(C(C)(C)C)c(-n2cc([C]=O)c(=O)c3ccccc32)cc1O. The normalized spacial score (nSPS) is 12.4. The second-order valence-electron chi connectivity index (χ2n) is 9.25. The number of aromatic nitrogens is 1. The highest BCUT2D eigenvalue weighted by atomic mass is 16.3. The van der Waals surface area contributed by atoms with Gasteiger partial charge in [0.25, 0.3) is 0 Å². The van der Waals surface area contributed by atoms with E-state index in [1.165, 1.54) is 6.20 Å². The lowest BCUT2D eigenvalue weighted by Crippen LogP contribution is -2.21. The molecule has 0 saturated carbocycles. The third-order valence-corrected chi connectivity index (χ3v) is 5.01. The van der Waals surface area contributed by atoms with Gasteiger partial charge in [0.05, 0.1) is 16.8 Å². The Balaban J connectivity index is 2.49. The molecule has 1 N–H and O–H groups in total. The van der Waals surface area contributed by atoms with Crippen LogP contribution in [0.4, 0.5) is 0 Å². The number of aromatic hydroxyl groups is 1. The molecule has 1 radical (unpaired) electrons. The van der Waals surface area contributed by atoms with Crippen molar-refractivity contribution in [1.82, 2.24) is 4.57 Å². The number of pyridine rings is 1. The summed E-state index contributed by atoms with van der Waals surface area (Å²) in [6.07, 6.45) is 3.27. The van der Waals surface area contributed by atoms with Gasteiger partial charge in [-0.05, 0) is 40.2 Å². The fraction of sp³-hybridized carbons (Fsp3) is 0.333. The molecule has 3 rings (SSSR count). The summed E-state index contributed by atoms with van der Waals surface area (Å²) >= 11 is 0. The Labute approximate surface area is 165 Å². The van der Waals surface area contributed by atoms with Crippen LogP contribution < -0.4 is 5.43 Å². The molecule has 0 spiro atoms. The third kappa shape index (κ3) is 3.35. The van der Waals surface area contributed by atoms with Gasteiger partial charge in [-0.1, -0.05) is 53.7 Å². The predicted octanol–water partition coefficient (Wildman–Crippen LogP) is 4.75. The van der Waals surface area contributed by atoms with E-state index in [1.807, 2.05) is 22.8 Å². The fourth-order valence-electron chi connectivity index (χ4n) is 3.53. The monoisotopic (exact) mass is 376 g/mol. The molecule has 0 fully saturated rings. The second kappa shape index (κ2) is 6.62. The number of phenolic OH excluding ortho intramolecular Hbond substituents is 1. The maximum Gasteiger partial charge on any atom is 0.239 e. The molecule has 0 bridgehead atoms. The van der Waals surface area contributed by atoms with Gasteiger partial charge >= 0.3 is 0 Å². The zero-order valence-corrected chi connectivity index (χ0v) is 17.3. The first-order chi connectivity index (χ1) is 12.9. The van der Waals surface area contributed by atoms with E-state index in [-0.39, 0.29) is 27.6 Å². The summed E-state index contributed by atoms with van der Waals surface area (Å²) in [6, 6.07) is 10.9. The molecule has 0 amide bonds. The van der Waals surface area contributed by atoms with E-state index in [9.17, 15) is 14.7 Å². The lowest BCUT2D eigenvalue weighted by atomic mass is 9.79. The van der Waals surface area contributed by atoms with Gasteiger partial charge < -0.3 is 9.67 Å². The van der Waals surface area contributed by atoms with E-state index in [1.54, 1.807) is 24.5 Å². The molecule has 0 unspecified atom stereocenters. The summed E-state index contributed by atoms with van der Waals surface area (Å²) in [5, 5.41) is 11.2. The molecule has 0 aliphatic carbocycles. The molecular formula is C24H26NO3. The Morgan fingerprint density at radius 1 is 0.929 bits per heavy atom. The lowest BCUT2D eigenvalue weighted by Gasteiger charge is -2.29. The minimum Gasteiger partial charge on any atom is -0.508 e. The summed E-state index contributed by atoms with van der Waals surface area (Å²) < 4.78 is 1.81. The topological polar surface area (TPSA) is 59.3 Å². The average Bonchev–Trinajstić information content (AvgIpc) is 2.60. The van der Waals surface area contributed by atoms with E-state index >= 15 is 0 Å². The molecular weight excluding hydrogens is 350 g/mol. The van der Waals surface area contributed by atoms with Crippen LogP contribution in [-0.4, -0.2) is 16.0 Å². The standard InChI is InChI=1S/C24H26NO3/c1-23(2,3)17-11-18(24(4,5)6)21(27)12-20(17)25-13-15(14-26)22(28)16-9-7-8-10-19(16)25/h7-13,27H,1-6H3. The molecule has 0 aliphatic rings. The highest BCUT2D eigenvalue weighted by Gasteiger charge is 2.26. The van der Waals surface area contributed by atoms with Gasteiger partial charge in [0.15, 0.2) is 0 Å². The Morgan fingerprint density at radius 2 is 1.54 bits per heavy atom. The molecule has 4 heteroatoms. The van der Waals surface area contributed by atoms with Crippen LogP contribution in [0, 0.1) is 0 Å². The Hall–Kier alpha value is -2.88. The van der Waals surface area contributed by atoms with Gasteiger partial charge in [-0.25, -0.2) is 0 Å². The van der Waals surface area contributed by atoms with E-state index in [4.69, 9.17) is 0 Å². The first kappa shape index (κ1) is 19.9. The van der Waals surface area contributed by atoms with Crippen molar-refractivity contribution in [3.63, 3.8) is 0 Å². The van der Waals surface area contributed by atoms with Crippen molar-refractivity contribution in [3.05, 3.63) is 69.5 Å². The van der Waals surface area contributed by atoms with Gasteiger partial charge in [0.2, 0.25) is 11.7 Å². The molecule has 0 aliphatic heterocycles. The van der Waals surface area contributed by atoms with Crippen LogP contribution >= 0.6 is 0 Å². The average molecular weight is 376 g/mol. The number of hydrogen-bond donors (Lipinski definition) is 1. The van der Waals surface area contributed by atoms with Crippen molar-refractivity contribution in [2.24, 2.45) is 0 Å². The van der Waals surface area contributed by atoms with Crippen LogP contribution in [0.25, 0.3) is 16.6 Å². The highest BCUT2D eigenvalue weighted by molar-refractivity contribution is 5.87. The summed E-state index contributed by atoms with van der Waals surface area (Å²) in [5.74, 6) is 0.190. The molecule has 1 aromatic heterocycles. The zero-order valence-electron chi connectivity index (χ0n) is 17.3. The second-order valence-corrected chi connectivity index (χ2v) is 9.25. The number of benzene rings is 2. The first-order valence-corrected chi connectivity index (χ1v) is 9.36. The number of rotatable bonds is 2. The van der Waals surface area contributed by atoms with E-state index in [0.717, 1.165) is 16.8 Å². The van der Waals surface area contributed by atoms with E-state index in [0.29, 0.717) is 10.9 Å². The molecule has 3 aromatic rings. The van der Waals surface area contributed by atoms with Crippen LogP contribution in [0.5, 0.6) is 5.75 Å². The first-order valence-electron chi connectivity index (χ1n) is 9.36. The van der Waals surface area contributed by atoms with Crippen LogP contribution in [0.1, 0.15) is 58.2 Å². The molecule has 4 nitrogen and oxygen atoms in total. The number of fused-ring (bicyclic) bond motifs is 1. The minimum absolute atomic E-state index is 0.0297. The number of phenols is 1. The smallest absolute Gasteiger partial charge is 0.239 e. The van der Waals surface area contributed by atoms with Crippen molar-refractivity contribution < 1.29 is 9.90 Å². The number of para-hydroxylation sites is 1. The molecule has 2 aromatic carbocycles. The van der Waals surface area contributed by atoms with E-state index < -0.39 is 0 Å². The van der Waals surface area contributed by atoms with Gasteiger partial charge in [0, 0.05) is 17.6 Å². The largest absolute Gasteiger partial charge is 0.508 e. The third-order valence-electron chi connectivity index (χ3n) is 5.01. The molecule has 28 heavy (non-hydrogen) atoms. The van der Waals surface area contributed by atoms with E-state index in [2.05, 4.69) is 41.5 Å². The Morgan fingerprint density at radius 3 is 2.11 bits per heavy atom. The van der Waals surface area contributed by atoms with Gasteiger partial charge in [0.1, 0.15) is 5.75 Å². The van der Waals surface area contributed by atoms with Crippen molar-refractivity contribution in [3.8, 4) is 11.4 Å².